The number of aromatic hydroxyl groups is 1. The Labute approximate surface area is 190 Å². The second-order valence-corrected chi connectivity index (χ2v) is 9.09. The SMILES string of the molecule is COc1ccc(-c2nc3sc4c(O)c(F)ccc4c3c(=O)n2Cc2ccno2)c(C2CC2)c1. The molecule has 7 nitrogen and oxygen atoms in total. The van der Waals surface area contributed by atoms with E-state index in [-0.39, 0.29) is 12.1 Å². The first-order chi connectivity index (χ1) is 16.0. The van der Waals surface area contributed by atoms with Crippen LogP contribution in [0.5, 0.6) is 11.5 Å². The summed E-state index contributed by atoms with van der Waals surface area (Å²) in [6.45, 7) is 0.137. The topological polar surface area (TPSA) is 90.4 Å². The Kier molecular flexibility index (Phi) is 4.48. The van der Waals surface area contributed by atoms with E-state index in [1.54, 1.807) is 17.7 Å². The van der Waals surface area contributed by atoms with Gasteiger partial charge in [0.1, 0.15) is 16.4 Å². The first-order valence-corrected chi connectivity index (χ1v) is 11.3. The third-order valence-corrected chi connectivity index (χ3v) is 7.11. The lowest BCUT2D eigenvalue weighted by molar-refractivity contribution is 0.375. The Morgan fingerprint density at radius 1 is 1.27 bits per heavy atom. The molecule has 9 heteroatoms. The van der Waals surface area contributed by atoms with Crippen molar-refractivity contribution in [3.05, 3.63) is 70.1 Å². The molecule has 0 spiro atoms. The van der Waals surface area contributed by atoms with Crippen LogP contribution in [0.1, 0.15) is 30.1 Å². The van der Waals surface area contributed by atoms with Gasteiger partial charge in [-0.15, -0.1) is 11.3 Å². The standard InChI is InChI=1S/C24H18FN3O4S/c1-31-13-4-5-15(17(10-13)12-2-3-12)22-27-23-19(16-6-7-18(25)20(29)21(16)33-23)24(30)28(22)11-14-8-9-26-32-14/h4-10,12,29H,2-3,11H2,1H3. The first-order valence-electron chi connectivity index (χ1n) is 10.5. The molecule has 0 atom stereocenters. The average molecular weight is 463 g/mol. The summed E-state index contributed by atoms with van der Waals surface area (Å²) in [7, 11) is 1.62. The fourth-order valence-electron chi connectivity index (χ4n) is 4.22. The van der Waals surface area contributed by atoms with Gasteiger partial charge in [0.25, 0.3) is 5.56 Å². The zero-order valence-corrected chi connectivity index (χ0v) is 18.4. The highest BCUT2D eigenvalue weighted by Crippen LogP contribution is 2.46. The molecular weight excluding hydrogens is 445 g/mol. The molecular formula is C24H18FN3O4S. The molecule has 0 amide bonds. The summed E-state index contributed by atoms with van der Waals surface area (Å²) >= 11 is 1.10. The van der Waals surface area contributed by atoms with E-state index in [9.17, 15) is 14.3 Å². The van der Waals surface area contributed by atoms with E-state index in [4.69, 9.17) is 14.2 Å². The van der Waals surface area contributed by atoms with E-state index in [1.165, 1.54) is 12.3 Å². The highest BCUT2D eigenvalue weighted by atomic mass is 32.1. The van der Waals surface area contributed by atoms with Crippen molar-refractivity contribution in [2.24, 2.45) is 0 Å². The number of phenols is 1. The molecule has 6 rings (SSSR count). The number of nitrogens with zero attached hydrogens (tertiary/aromatic N) is 3. The van der Waals surface area contributed by atoms with Crippen molar-refractivity contribution in [2.75, 3.05) is 7.11 Å². The predicted octanol–water partition coefficient (Wildman–Crippen LogP) is 5.05. The van der Waals surface area contributed by atoms with Crippen LogP contribution in [0.25, 0.3) is 31.7 Å². The largest absolute Gasteiger partial charge is 0.504 e. The summed E-state index contributed by atoms with van der Waals surface area (Å²) in [6.07, 6.45) is 3.64. The monoisotopic (exact) mass is 463 g/mol. The highest BCUT2D eigenvalue weighted by Gasteiger charge is 2.29. The minimum Gasteiger partial charge on any atom is -0.504 e. The van der Waals surface area contributed by atoms with Crippen molar-refractivity contribution in [3.8, 4) is 22.9 Å². The van der Waals surface area contributed by atoms with E-state index < -0.39 is 11.6 Å². The van der Waals surface area contributed by atoms with Gasteiger partial charge < -0.3 is 14.4 Å². The van der Waals surface area contributed by atoms with Crippen LogP contribution in [0.2, 0.25) is 0 Å². The molecule has 3 aromatic heterocycles. The first kappa shape index (κ1) is 19.9. The van der Waals surface area contributed by atoms with Gasteiger partial charge in [-0.3, -0.25) is 9.36 Å². The Morgan fingerprint density at radius 3 is 2.85 bits per heavy atom. The number of phenolic OH excluding ortho intramolecular Hbond substituents is 1. The van der Waals surface area contributed by atoms with Crippen LogP contribution >= 0.6 is 11.3 Å². The maximum Gasteiger partial charge on any atom is 0.263 e. The lowest BCUT2D eigenvalue weighted by Gasteiger charge is -2.15. The number of halogens is 1. The van der Waals surface area contributed by atoms with E-state index in [1.807, 2.05) is 18.2 Å². The quantitative estimate of drug-likeness (QED) is 0.393. The molecule has 0 bridgehead atoms. The highest BCUT2D eigenvalue weighted by molar-refractivity contribution is 7.25. The number of methoxy groups -OCH3 is 1. The number of aromatic nitrogens is 3. The number of ether oxygens (including phenoxy) is 1. The summed E-state index contributed by atoms with van der Waals surface area (Å²) in [6, 6.07) is 10.1. The third-order valence-electron chi connectivity index (χ3n) is 6.01. The smallest absolute Gasteiger partial charge is 0.263 e. The van der Waals surface area contributed by atoms with Crippen molar-refractivity contribution in [1.29, 1.82) is 0 Å². The lowest BCUT2D eigenvalue weighted by atomic mass is 10.0. The van der Waals surface area contributed by atoms with Crippen LogP contribution in [0.15, 0.2) is 51.9 Å². The molecule has 0 unspecified atom stereocenters. The maximum absolute atomic E-state index is 14.0. The summed E-state index contributed by atoms with van der Waals surface area (Å²) in [4.78, 5) is 19.1. The fraction of sp³-hybridized carbons (Fsp3) is 0.208. The second kappa shape index (κ2) is 7.41. The van der Waals surface area contributed by atoms with Crippen LogP contribution < -0.4 is 10.3 Å². The molecule has 1 aliphatic rings. The molecule has 1 saturated carbocycles. The summed E-state index contributed by atoms with van der Waals surface area (Å²) in [5.74, 6) is 0.910. The molecule has 0 saturated heterocycles. The summed E-state index contributed by atoms with van der Waals surface area (Å²) < 4.78 is 26.6. The second-order valence-electron chi connectivity index (χ2n) is 8.09. The maximum atomic E-state index is 14.0. The van der Waals surface area contributed by atoms with E-state index in [0.29, 0.717) is 37.8 Å². The van der Waals surface area contributed by atoms with E-state index >= 15 is 0 Å². The van der Waals surface area contributed by atoms with Gasteiger partial charge in [0, 0.05) is 17.0 Å². The van der Waals surface area contributed by atoms with Gasteiger partial charge in [0.2, 0.25) is 0 Å². The van der Waals surface area contributed by atoms with Crippen LogP contribution in [0.4, 0.5) is 4.39 Å². The van der Waals surface area contributed by atoms with Crippen molar-refractivity contribution >= 4 is 31.6 Å². The van der Waals surface area contributed by atoms with Gasteiger partial charge in [0.05, 0.1) is 29.9 Å². The Balaban J connectivity index is 1.68. The normalized spacial score (nSPS) is 13.8. The number of rotatable bonds is 5. The molecule has 5 aromatic rings. The molecule has 3 heterocycles. The molecule has 1 fully saturated rings. The third kappa shape index (κ3) is 3.19. The van der Waals surface area contributed by atoms with Crippen LogP contribution in [-0.2, 0) is 6.54 Å². The van der Waals surface area contributed by atoms with E-state index in [2.05, 4.69) is 5.16 Å². The molecule has 0 aliphatic heterocycles. The lowest BCUT2D eigenvalue weighted by Crippen LogP contribution is -2.24. The van der Waals surface area contributed by atoms with Crippen molar-refractivity contribution in [2.45, 2.75) is 25.3 Å². The van der Waals surface area contributed by atoms with Crippen molar-refractivity contribution < 1.29 is 18.8 Å². The van der Waals surface area contributed by atoms with Crippen molar-refractivity contribution in [1.82, 2.24) is 14.7 Å². The minimum absolute atomic E-state index is 0.137. The molecule has 1 aliphatic carbocycles. The molecule has 1 N–H and O–H groups in total. The molecule has 33 heavy (non-hydrogen) atoms. The van der Waals surface area contributed by atoms with Gasteiger partial charge in [0.15, 0.2) is 17.3 Å². The van der Waals surface area contributed by atoms with E-state index in [0.717, 1.165) is 47.1 Å². The van der Waals surface area contributed by atoms with Crippen LogP contribution in [0.3, 0.4) is 0 Å². The average Bonchev–Trinajstić information content (AvgIpc) is 3.41. The van der Waals surface area contributed by atoms with Gasteiger partial charge in [-0.25, -0.2) is 9.37 Å². The summed E-state index contributed by atoms with van der Waals surface area (Å²) in [5.41, 5.74) is 1.62. The fourth-order valence-corrected chi connectivity index (χ4v) is 5.32. The van der Waals surface area contributed by atoms with Crippen molar-refractivity contribution in [3.63, 3.8) is 0 Å². The molecule has 2 aromatic carbocycles. The number of hydrogen-bond donors (Lipinski definition) is 1. The minimum atomic E-state index is -0.734. The van der Waals surface area contributed by atoms with Gasteiger partial charge in [-0.05, 0) is 54.7 Å². The Hall–Kier alpha value is -3.72. The zero-order chi connectivity index (χ0) is 22.7. The Morgan fingerprint density at radius 2 is 2.12 bits per heavy atom. The van der Waals surface area contributed by atoms with Crippen LogP contribution in [0, 0.1) is 5.82 Å². The van der Waals surface area contributed by atoms with Gasteiger partial charge >= 0.3 is 0 Å². The summed E-state index contributed by atoms with van der Waals surface area (Å²) in [5, 5.41) is 14.8. The number of fused-ring (bicyclic) bond motifs is 3. The molecule has 0 radical (unpaired) electrons. The molecule has 166 valence electrons. The number of thiophene rings is 1. The zero-order valence-electron chi connectivity index (χ0n) is 17.5. The predicted molar refractivity (Wildman–Crippen MR) is 123 cm³/mol. The number of hydrogen-bond acceptors (Lipinski definition) is 7. The van der Waals surface area contributed by atoms with Crippen LogP contribution in [-0.4, -0.2) is 26.9 Å². The van der Waals surface area contributed by atoms with Gasteiger partial charge in [-0.2, -0.15) is 0 Å². The van der Waals surface area contributed by atoms with Gasteiger partial charge in [-0.1, -0.05) is 5.16 Å². The number of benzene rings is 2. The Bertz CT molecular complexity index is 1590.